The zero-order valence-electron chi connectivity index (χ0n) is 17.4. The van der Waals surface area contributed by atoms with Crippen LogP contribution in [0.3, 0.4) is 0 Å². The van der Waals surface area contributed by atoms with Crippen LogP contribution in [0.15, 0.2) is 29.4 Å². The van der Waals surface area contributed by atoms with Crippen molar-refractivity contribution < 1.29 is 4.74 Å². The Kier molecular flexibility index (Phi) is 7.68. The molecule has 0 aliphatic carbocycles. The smallest absolute Gasteiger partial charge is 0.191 e. The molecule has 2 N–H and O–H groups in total. The second-order valence-electron chi connectivity index (χ2n) is 7.43. The van der Waals surface area contributed by atoms with Gasteiger partial charge in [-0.05, 0) is 45.2 Å². The van der Waals surface area contributed by atoms with Crippen LogP contribution in [-0.2, 0) is 11.3 Å². The SMILES string of the molecule is CCNC(=NCc1cn2c(C)cccc2n1)NC1CCN(CCCOC)CC1. The highest BCUT2D eigenvalue weighted by atomic mass is 16.5. The molecule has 1 fully saturated rings. The van der Waals surface area contributed by atoms with Crippen molar-refractivity contribution in [1.29, 1.82) is 0 Å². The van der Waals surface area contributed by atoms with Gasteiger partial charge in [0.05, 0.1) is 12.2 Å². The van der Waals surface area contributed by atoms with Gasteiger partial charge < -0.3 is 24.7 Å². The van der Waals surface area contributed by atoms with Crippen LogP contribution in [0.5, 0.6) is 0 Å². The molecular weight excluding hydrogens is 352 g/mol. The van der Waals surface area contributed by atoms with Crippen molar-refractivity contribution in [3.8, 4) is 0 Å². The quantitative estimate of drug-likeness (QED) is 0.414. The first-order chi connectivity index (χ1) is 13.7. The maximum atomic E-state index is 5.15. The van der Waals surface area contributed by atoms with E-state index in [4.69, 9.17) is 9.73 Å². The molecule has 7 nitrogen and oxygen atoms in total. The molecular formula is C21H34N6O. The van der Waals surface area contributed by atoms with Gasteiger partial charge in [-0.1, -0.05) is 6.07 Å². The van der Waals surface area contributed by atoms with E-state index in [-0.39, 0.29) is 0 Å². The van der Waals surface area contributed by atoms with E-state index >= 15 is 0 Å². The summed E-state index contributed by atoms with van der Waals surface area (Å²) in [5, 5.41) is 6.99. The van der Waals surface area contributed by atoms with E-state index < -0.39 is 0 Å². The van der Waals surface area contributed by atoms with Crippen molar-refractivity contribution in [2.45, 2.75) is 45.7 Å². The molecule has 1 aliphatic rings. The van der Waals surface area contributed by atoms with Gasteiger partial charge in [0.2, 0.25) is 0 Å². The molecule has 2 aromatic rings. The van der Waals surface area contributed by atoms with Crippen LogP contribution in [0.4, 0.5) is 0 Å². The van der Waals surface area contributed by atoms with E-state index in [1.807, 2.05) is 12.1 Å². The highest BCUT2D eigenvalue weighted by Gasteiger charge is 2.19. The number of pyridine rings is 1. The van der Waals surface area contributed by atoms with E-state index in [0.717, 1.165) is 69.3 Å². The number of methoxy groups -OCH3 is 1. The lowest BCUT2D eigenvalue weighted by Gasteiger charge is -2.33. The molecule has 0 saturated carbocycles. The highest BCUT2D eigenvalue weighted by Crippen LogP contribution is 2.11. The summed E-state index contributed by atoms with van der Waals surface area (Å²) in [5.74, 6) is 0.883. The standard InChI is InChI=1S/C21H34N6O/c1-4-22-21(25-18-9-12-26(13-10-18)11-6-14-28-3)23-15-19-16-27-17(2)7-5-8-20(27)24-19/h5,7-8,16,18H,4,6,9-15H2,1-3H3,(H2,22,23,25). The van der Waals surface area contributed by atoms with Gasteiger partial charge in [0.1, 0.15) is 5.65 Å². The Bertz CT molecular complexity index is 763. The van der Waals surface area contributed by atoms with Crippen LogP contribution < -0.4 is 10.6 Å². The van der Waals surface area contributed by atoms with E-state index in [1.165, 1.54) is 5.69 Å². The minimum atomic E-state index is 0.472. The topological polar surface area (TPSA) is 66.2 Å². The van der Waals surface area contributed by atoms with Crippen molar-refractivity contribution in [2.24, 2.45) is 4.99 Å². The van der Waals surface area contributed by atoms with Gasteiger partial charge in [0.25, 0.3) is 0 Å². The number of nitrogens with zero attached hydrogens (tertiary/aromatic N) is 4. The van der Waals surface area contributed by atoms with Crippen LogP contribution in [0, 0.1) is 6.92 Å². The summed E-state index contributed by atoms with van der Waals surface area (Å²) in [6.45, 7) is 9.86. The molecule has 0 amide bonds. The Morgan fingerprint density at radius 3 is 2.86 bits per heavy atom. The van der Waals surface area contributed by atoms with Gasteiger partial charge in [-0.25, -0.2) is 9.98 Å². The average molecular weight is 387 g/mol. The monoisotopic (exact) mass is 386 g/mol. The minimum Gasteiger partial charge on any atom is -0.385 e. The lowest BCUT2D eigenvalue weighted by molar-refractivity contribution is 0.155. The molecule has 0 spiro atoms. The summed E-state index contributed by atoms with van der Waals surface area (Å²) < 4.78 is 7.27. The van der Waals surface area contributed by atoms with Crippen molar-refractivity contribution >= 4 is 11.6 Å². The van der Waals surface area contributed by atoms with Crippen LogP contribution in [0.1, 0.15) is 37.6 Å². The highest BCUT2D eigenvalue weighted by molar-refractivity contribution is 5.80. The van der Waals surface area contributed by atoms with Crippen LogP contribution in [-0.4, -0.2) is 66.2 Å². The Morgan fingerprint density at radius 2 is 2.14 bits per heavy atom. The number of hydrogen-bond donors (Lipinski definition) is 2. The van der Waals surface area contributed by atoms with Crippen molar-refractivity contribution in [3.63, 3.8) is 0 Å². The Balaban J connectivity index is 1.53. The number of ether oxygens (including phenoxy) is 1. The number of aryl methyl sites for hydroxylation is 1. The first-order valence-electron chi connectivity index (χ1n) is 10.4. The summed E-state index contributed by atoms with van der Waals surface area (Å²) in [6.07, 6.45) is 5.48. The zero-order chi connectivity index (χ0) is 19.8. The second-order valence-corrected chi connectivity index (χ2v) is 7.43. The van der Waals surface area contributed by atoms with Gasteiger partial charge in [-0.3, -0.25) is 0 Å². The first kappa shape index (κ1) is 20.6. The molecule has 7 heteroatoms. The molecule has 28 heavy (non-hydrogen) atoms. The predicted molar refractivity (Wildman–Crippen MR) is 114 cm³/mol. The molecule has 2 aromatic heterocycles. The van der Waals surface area contributed by atoms with Gasteiger partial charge >= 0.3 is 0 Å². The van der Waals surface area contributed by atoms with Crippen LogP contribution >= 0.6 is 0 Å². The number of piperidine rings is 1. The molecule has 1 saturated heterocycles. The first-order valence-corrected chi connectivity index (χ1v) is 10.4. The summed E-state index contributed by atoms with van der Waals surface area (Å²) in [6, 6.07) is 6.64. The Labute approximate surface area is 168 Å². The van der Waals surface area contributed by atoms with Crippen LogP contribution in [0.2, 0.25) is 0 Å². The number of aliphatic imine (C=N–C) groups is 1. The number of likely N-dealkylation sites (tertiary alicyclic amines) is 1. The third-order valence-electron chi connectivity index (χ3n) is 5.24. The maximum absolute atomic E-state index is 5.15. The van der Waals surface area contributed by atoms with E-state index in [1.54, 1.807) is 7.11 Å². The van der Waals surface area contributed by atoms with E-state index in [2.05, 4.69) is 51.0 Å². The number of fused-ring (bicyclic) bond motifs is 1. The van der Waals surface area contributed by atoms with Crippen molar-refractivity contribution in [2.75, 3.05) is 39.9 Å². The summed E-state index contributed by atoms with van der Waals surface area (Å²) in [7, 11) is 1.77. The normalized spacial score (nSPS) is 16.6. The predicted octanol–water partition coefficient (Wildman–Crippen LogP) is 2.20. The van der Waals surface area contributed by atoms with Gasteiger partial charge in [0.15, 0.2) is 5.96 Å². The lowest BCUT2D eigenvalue weighted by atomic mass is 10.1. The van der Waals surface area contributed by atoms with Gasteiger partial charge in [-0.15, -0.1) is 0 Å². The van der Waals surface area contributed by atoms with Crippen LogP contribution in [0.25, 0.3) is 5.65 Å². The second kappa shape index (κ2) is 10.4. The van der Waals surface area contributed by atoms with E-state index in [0.29, 0.717) is 12.6 Å². The molecule has 3 rings (SSSR count). The lowest BCUT2D eigenvalue weighted by Crippen LogP contribution is -2.48. The average Bonchev–Trinajstić information content (AvgIpc) is 3.12. The largest absolute Gasteiger partial charge is 0.385 e. The molecule has 0 bridgehead atoms. The number of nitrogens with one attached hydrogen (secondary N) is 2. The van der Waals surface area contributed by atoms with Gasteiger partial charge in [-0.2, -0.15) is 0 Å². The maximum Gasteiger partial charge on any atom is 0.191 e. The van der Waals surface area contributed by atoms with Gasteiger partial charge in [0, 0.05) is 57.8 Å². The number of rotatable bonds is 8. The molecule has 0 radical (unpaired) electrons. The Hall–Kier alpha value is -2.12. The third-order valence-corrected chi connectivity index (χ3v) is 5.24. The minimum absolute atomic E-state index is 0.472. The number of guanidine groups is 1. The Morgan fingerprint density at radius 1 is 1.32 bits per heavy atom. The summed E-state index contributed by atoms with van der Waals surface area (Å²) in [5.41, 5.74) is 3.14. The van der Waals surface area contributed by atoms with Crippen molar-refractivity contribution in [3.05, 3.63) is 35.8 Å². The third kappa shape index (κ3) is 5.69. The summed E-state index contributed by atoms with van der Waals surface area (Å²) in [4.78, 5) is 12.0. The number of aromatic nitrogens is 2. The molecule has 0 atom stereocenters. The molecule has 3 heterocycles. The molecule has 154 valence electrons. The fourth-order valence-corrected chi connectivity index (χ4v) is 3.68. The molecule has 0 aromatic carbocycles. The van der Waals surface area contributed by atoms with E-state index in [9.17, 15) is 0 Å². The number of imidazole rings is 1. The fraction of sp³-hybridized carbons (Fsp3) is 0.619. The molecule has 0 unspecified atom stereocenters. The summed E-state index contributed by atoms with van der Waals surface area (Å²) >= 11 is 0. The van der Waals surface area contributed by atoms with Crippen molar-refractivity contribution in [1.82, 2.24) is 24.9 Å². The fourth-order valence-electron chi connectivity index (χ4n) is 3.68. The zero-order valence-corrected chi connectivity index (χ0v) is 17.4. The molecule has 1 aliphatic heterocycles. The number of hydrogen-bond acceptors (Lipinski definition) is 4.